The van der Waals surface area contributed by atoms with E-state index in [-0.39, 0.29) is 18.4 Å². The number of hydrogen-bond acceptors (Lipinski definition) is 3. The monoisotopic (exact) mass is 243 g/mol. The van der Waals surface area contributed by atoms with Crippen LogP contribution < -0.4 is 5.73 Å². The molecule has 0 amide bonds. The zero-order chi connectivity index (χ0) is 11.3. The summed E-state index contributed by atoms with van der Waals surface area (Å²) in [6, 6.07) is 5.73. The molecule has 1 aromatic carbocycles. The van der Waals surface area contributed by atoms with Gasteiger partial charge in [-0.15, -0.1) is 12.4 Å². The van der Waals surface area contributed by atoms with E-state index in [0.29, 0.717) is 19.4 Å². The molecule has 3 nitrogen and oxygen atoms in total. The molecule has 0 saturated carbocycles. The molecule has 1 aromatic rings. The predicted octanol–water partition coefficient (Wildman–Crippen LogP) is 2.49. The zero-order valence-corrected chi connectivity index (χ0v) is 10.5. The number of ether oxygens (including phenoxy) is 1. The van der Waals surface area contributed by atoms with Gasteiger partial charge in [-0.3, -0.25) is 4.79 Å². The van der Waals surface area contributed by atoms with E-state index in [1.54, 1.807) is 0 Å². The molecule has 4 heteroatoms. The summed E-state index contributed by atoms with van der Waals surface area (Å²) in [4.78, 5) is 11.1. The molecule has 0 spiro atoms. The second-order valence-corrected chi connectivity index (χ2v) is 3.49. The van der Waals surface area contributed by atoms with Crippen LogP contribution in [-0.2, 0) is 16.0 Å². The number of hydrogen-bond donors (Lipinski definition) is 1. The zero-order valence-electron chi connectivity index (χ0n) is 9.66. The van der Waals surface area contributed by atoms with Gasteiger partial charge in [0.2, 0.25) is 0 Å². The Bertz CT molecular complexity index is 353. The lowest BCUT2D eigenvalue weighted by Crippen LogP contribution is -2.05. The summed E-state index contributed by atoms with van der Waals surface area (Å²) in [7, 11) is 0. The van der Waals surface area contributed by atoms with Gasteiger partial charge in [0.05, 0.1) is 6.61 Å². The van der Waals surface area contributed by atoms with Gasteiger partial charge in [0.1, 0.15) is 0 Å². The molecule has 0 fully saturated rings. The lowest BCUT2D eigenvalue weighted by Gasteiger charge is -2.06. The number of benzene rings is 1. The van der Waals surface area contributed by atoms with Crippen molar-refractivity contribution in [3.63, 3.8) is 0 Å². The maximum Gasteiger partial charge on any atom is 0.306 e. The predicted molar refractivity (Wildman–Crippen MR) is 67.8 cm³/mol. The van der Waals surface area contributed by atoms with Crippen molar-refractivity contribution < 1.29 is 9.53 Å². The number of halogens is 1. The average molecular weight is 244 g/mol. The molecule has 0 heterocycles. The highest BCUT2D eigenvalue weighted by Crippen LogP contribution is 2.14. The van der Waals surface area contributed by atoms with Crippen molar-refractivity contribution in [3.8, 4) is 0 Å². The van der Waals surface area contributed by atoms with Gasteiger partial charge in [-0.2, -0.15) is 0 Å². The first-order valence-electron chi connectivity index (χ1n) is 5.14. The van der Waals surface area contributed by atoms with Crippen molar-refractivity contribution in [1.82, 2.24) is 0 Å². The Morgan fingerprint density at radius 2 is 2.12 bits per heavy atom. The van der Waals surface area contributed by atoms with Gasteiger partial charge in [0, 0.05) is 12.1 Å². The Balaban J connectivity index is 0.00000225. The highest BCUT2D eigenvalue weighted by Gasteiger charge is 2.04. The summed E-state index contributed by atoms with van der Waals surface area (Å²) in [5.74, 6) is -0.145. The Labute approximate surface area is 102 Å². The summed E-state index contributed by atoms with van der Waals surface area (Å²) in [5.41, 5.74) is 8.67. The molecule has 0 unspecified atom stereocenters. The number of carbonyl (C=O) groups excluding carboxylic acids is 1. The molecule has 0 bridgehead atoms. The third-order valence-corrected chi connectivity index (χ3v) is 2.27. The van der Waals surface area contributed by atoms with Crippen molar-refractivity contribution >= 4 is 24.1 Å². The van der Waals surface area contributed by atoms with E-state index in [4.69, 9.17) is 10.5 Å². The van der Waals surface area contributed by atoms with Gasteiger partial charge in [-0.25, -0.2) is 0 Å². The largest absolute Gasteiger partial charge is 0.466 e. The van der Waals surface area contributed by atoms with E-state index in [0.717, 1.165) is 16.8 Å². The van der Waals surface area contributed by atoms with Crippen LogP contribution in [0.2, 0.25) is 0 Å². The SMILES string of the molecule is CCOC(=O)CCc1ccc(N)cc1C.Cl. The summed E-state index contributed by atoms with van der Waals surface area (Å²) >= 11 is 0. The van der Waals surface area contributed by atoms with E-state index in [1.807, 2.05) is 32.0 Å². The fraction of sp³-hybridized carbons (Fsp3) is 0.417. The van der Waals surface area contributed by atoms with E-state index in [9.17, 15) is 4.79 Å². The molecule has 0 aliphatic rings. The number of rotatable bonds is 4. The maximum atomic E-state index is 11.1. The molecular weight excluding hydrogens is 226 g/mol. The summed E-state index contributed by atoms with van der Waals surface area (Å²) in [6.45, 7) is 4.25. The van der Waals surface area contributed by atoms with Crippen LogP contribution in [-0.4, -0.2) is 12.6 Å². The molecule has 90 valence electrons. The fourth-order valence-electron chi connectivity index (χ4n) is 1.47. The normalized spacial score (nSPS) is 9.38. The molecule has 0 saturated heterocycles. The van der Waals surface area contributed by atoms with Gasteiger partial charge < -0.3 is 10.5 Å². The molecular formula is C12H18ClNO2. The van der Waals surface area contributed by atoms with Gasteiger partial charge in [0.15, 0.2) is 0 Å². The average Bonchev–Trinajstić information content (AvgIpc) is 2.17. The molecule has 0 aromatic heterocycles. The number of nitrogens with two attached hydrogens (primary N) is 1. The number of nitrogen functional groups attached to an aromatic ring is 1. The maximum absolute atomic E-state index is 11.1. The van der Waals surface area contributed by atoms with E-state index in [1.165, 1.54) is 0 Å². The first-order valence-corrected chi connectivity index (χ1v) is 5.14. The van der Waals surface area contributed by atoms with Gasteiger partial charge >= 0.3 is 5.97 Å². The van der Waals surface area contributed by atoms with Crippen LogP contribution in [0.15, 0.2) is 18.2 Å². The number of esters is 1. The van der Waals surface area contributed by atoms with Gasteiger partial charge in [-0.1, -0.05) is 6.07 Å². The summed E-state index contributed by atoms with van der Waals surface area (Å²) in [6.07, 6.45) is 1.14. The van der Waals surface area contributed by atoms with Crippen LogP contribution in [0.3, 0.4) is 0 Å². The van der Waals surface area contributed by atoms with Crippen molar-refractivity contribution in [3.05, 3.63) is 29.3 Å². The molecule has 0 aliphatic carbocycles. The fourth-order valence-corrected chi connectivity index (χ4v) is 1.47. The Hall–Kier alpha value is -1.22. The van der Waals surface area contributed by atoms with Crippen LogP contribution in [0.5, 0.6) is 0 Å². The molecule has 1 rings (SSSR count). The van der Waals surface area contributed by atoms with Crippen LogP contribution in [0.25, 0.3) is 0 Å². The third-order valence-electron chi connectivity index (χ3n) is 2.27. The van der Waals surface area contributed by atoms with Crippen LogP contribution in [0.4, 0.5) is 5.69 Å². The highest BCUT2D eigenvalue weighted by atomic mass is 35.5. The summed E-state index contributed by atoms with van der Waals surface area (Å²) in [5, 5.41) is 0. The van der Waals surface area contributed by atoms with E-state index < -0.39 is 0 Å². The van der Waals surface area contributed by atoms with Crippen LogP contribution in [0, 0.1) is 6.92 Å². The Kier molecular flexibility index (Phi) is 6.58. The van der Waals surface area contributed by atoms with Gasteiger partial charge in [0.25, 0.3) is 0 Å². The molecule has 0 aliphatic heterocycles. The number of carbonyl (C=O) groups is 1. The summed E-state index contributed by atoms with van der Waals surface area (Å²) < 4.78 is 4.86. The first kappa shape index (κ1) is 14.8. The highest BCUT2D eigenvalue weighted by molar-refractivity contribution is 5.85. The van der Waals surface area contributed by atoms with Crippen LogP contribution >= 0.6 is 12.4 Å². The lowest BCUT2D eigenvalue weighted by molar-refractivity contribution is -0.143. The number of anilines is 1. The third kappa shape index (κ3) is 4.53. The smallest absolute Gasteiger partial charge is 0.306 e. The van der Waals surface area contributed by atoms with Crippen molar-refractivity contribution in [2.24, 2.45) is 0 Å². The van der Waals surface area contributed by atoms with Gasteiger partial charge in [-0.05, 0) is 43.5 Å². The van der Waals surface area contributed by atoms with Crippen LogP contribution in [0.1, 0.15) is 24.5 Å². The Morgan fingerprint density at radius 1 is 1.44 bits per heavy atom. The van der Waals surface area contributed by atoms with E-state index in [2.05, 4.69) is 0 Å². The Morgan fingerprint density at radius 3 is 2.69 bits per heavy atom. The molecule has 0 atom stereocenters. The lowest BCUT2D eigenvalue weighted by atomic mass is 10.0. The molecule has 0 radical (unpaired) electrons. The number of aryl methyl sites for hydroxylation is 2. The minimum Gasteiger partial charge on any atom is -0.466 e. The minimum atomic E-state index is -0.145. The quantitative estimate of drug-likeness (QED) is 0.653. The second kappa shape index (κ2) is 7.12. The van der Waals surface area contributed by atoms with Crippen molar-refractivity contribution in [2.45, 2.75) is 26.7 Å². The minimum absolute atomic E-state index is 0. The van der Waals surface area contributed by atoms with Crippen molar-refractivity contribution in [1.29, 1.82) is 0 Å². The topological polar surface area (TPSA) is 52.3 Å². The van der Waals surface area contributed by atoms with Crippen molar-refractivity contribution in [2.75, 3.05) is 12.3 Å². The first-order chi connectivity index (χ1) is 7.13. The molecule has 16 heavy (non-hydrogen) atoms. The molecule has 2 N–H and O–H groups in total. The second-order valence-electron chi connectivity index (χ2n) is 3.49. The standard InChI is InChI=1S/C12H17NO2.ClH/c1-3-15-12(14)7-5-10-4-6-11(13)8-9(10)2;/h4,6,8H,3,5,7,13H2,1-2H3;1H. The van der Waals surface area contributed by atoms with E-state index >= 15 is 0 Å².